The molecule has 130 valence electrons. The molecule has 5 heteroatoms. The summed E-state index contributed by atoms with van der Waals surface area (Å²) in [4.78, 5) is 17.9. The van der Waals surface area contributed by atoms with Gasteiger partial charge in [0.15, 0.2) is 0 Å². The fraction of sp³-hybridized carbons (Fsp3) is 0.579. The Morgan fingerprint density at radius 3 is 3.21 bits per heavy atom. The summed E-state index contributed by atoms with van der Waals surface area (Å²) >= 11 is 0. The molecule has 0 aromatic carbocycles. The van der Waals surface area contributed by atoms with Crippen molar-refractivity contribution in [1.29, 1.82) is 0 Å². The summed E-state index contributed by atoms with van der Waals surface area (Å²) in [5, 5.41) is 12.3. The molecule has 2 aliphatic rings. The first kappa shape index (κ1) is 17.0. The molecule has 0 radical (unpaired) electrons. The lowest BCUT2D eigenvalue weighted by Crippen LogP contribution is -2.21. The maximum atomic E-state index is 10.8. The predicted octanol–water partition coefficient (Wildman–Crippen LogP) is 2.73. The van der Waals surface area contributed by atoms with E-state index < -0.39 is 5.97 Å². The number of hydrogen-bond acceptors (Lipinski definition) is 4. The van der Waals surface area contributed by atoms with Crippen molar-refractivity contribution in [3.05, 3.63) is 35.0 Å². The number of nitrogens with zero attached hydrogens (tertiary/aromatic N) is 2. The minimum atomic E-state index is -0.821. The second kappa shape index (κ2) is 7.79. The summed E-state index contributed by atoms with van der Waals surface area (Å²) in [5.74, 6) is 0.952. The summed E-state index contributed by atoms with van der Waals surface area (Å²) < 4.78 is 0. The van der Waals surface area contributed by atoms with Crippen LogP contribution in [0.4, 0.5) is 5.82 Å². The van der Waals surface area contributed by atoms with Crippen LogP contribution in [-0.2, 0) is 17.6 Å². The number of carboxylic acid groups (broad SMARTS) is 1. The van der Waals surface area contributed by atoms with Gasteiger partial charge in [-0.2, -0.15) is 0 Å². The summed E-state index contributed by atoms with van der Waals surface area (Å²) in [6, 6.07) is 4.40. The quantitative estimate of drug-likeness (QED) is 0.786. The van der Waals surface area contributed by atoms with Crippen molar-refractivity contribution in [3.63, 3.8) is 0 Å². The number of aromatic nitrogens is 1. The van der Waals surface area contributed by atoms with Gasteiger partial charge in [0.05, 0.1) is 0 Å². The van der Waals surface area contributed by atoms with E-state index in [-0.39, 0.29) is 0 Å². The zero-order valence-electron chi connectivity index (χ0n) is 14.4. The number of nitrogens with one attached hydrogen (secondary N) is 1. The number of anilines is 1. The van der Waals surface area contributed by atoms with Crippen LogP contribution in [0.25, 0.3) is 0 Å². The van der Waals surface area contributed by atoms with E-state index in [1.807, 2.05) is 6.08 Å². The van der Waals surface area contributed by atoms with E-state index in [1.54, 1.807) is 6.92 Å². The van der Waals surface area contributed by atoms with Gasteiger partial charge in [0.2, 0.25) is 0 Å². The molecule has 1 aromatic heterocycles. The zero-order valence-corrected chi connectivity index (χ0v) is 14.4. The maximum absolute atomic E-state index is 10.8. The van der Waals surface area contributed by atoms with E-state index in [0.717, 1.165) is 51.3 Å². The highest BCUT2D eigenvalue weighted by molar-refractivity contribution is 5.85. The molecule has 5 nitrogen and oxygen atoms in total. The summed E-state index contributed by atoms with van der Waals surface area (Å²) in [7, 11) is 0. The molecule has 2 aliphatic heterocycles. The standard InChI is InChI=1S/C19H27N3O2/c1-14(19(23)24)8-11-22-12-9-15(13-22)4-6-17-7-5-16-3-2-10-20-18(16)21-17/h5,7-8,15H,2-4,6,9-13H2,1H3,(H,20,21)(H,23,24)/b14-8+. The first-order valence-electron chi connectivity index (χ1n) is 8.97. The van der Waals surface area contributed by atoms with Crippen LogP contribution in [0.1, 0.15) is 37.4 Å². The Morgan fingerprint density at radius 2 is 2.38 bits per heavy atom. The molecule has 1 aromatic rings. The van der Waals surface area contributed by atoms with Crippen molar-refractivity contribution >= 4 is 11.8 Å². The van der Waals surface area contributed by atoms with Crippen molar-refractivity contribution in [2.75, 3.05) is 31.5 Å². The number of fused-ring (bicyclic) bond motifs is 1. The number of carboxylic acids is 1. The van der Waals surface area contributed by atoms with Gasteiger partial charge in [-0.05, 0) is 63.1 Å². The molecule has 0 aliphatic carbocycles. The largest absolute Gasteiger partial charge is 0.478 e. The molecule has 1 atom stereocenters. The molecule has 0 saturated carbocycles. The van der Waals surface area contributed by atoms with E-state index in [2.05, 4.69) is 22.3 Å². The van der Waals surface area contributed by atoms with E-state index >= 15 is 0 Å². The average molecular weight is 329 g/mol. The Balaban J connectivity index is 1.46. The van der Waals surface area contributed by atoms with Crippen molar-refractivity contribution in [3.8, 4) is 0 Å². The van der Waals surface area contributed by atoms with Gasteiger partial charge in [-0.25, -0.2) is 9.78 Å². The van der Waals surface area contributed by atoms with Crippen LogP contribution in [0.3, 0.4) is 0 Å². The average Bonchev–Trinajstić information content (AvgIpc) is 3.05. The predicted molar refractivity (Wildman–Crippen MR) is 95.3 cm³/mol. The Morgan fingerprint density at radius 1 is 1.50 bits per heavy atom. The fourth-order valence-electron chi connectivity index (χ4n) is 3.53. The highest BCUT2D eigenvalue weighted by Crippen LogP contribution is 2.24. The maximum Gasteiger partial charge on any atom is 0.330 e. The van der Waals surface area contributed by atoms with E-state index in [0.29, 0.717) is 11.5 Å². The number of pyridine rings is 1. The van der Waals surface area contributed by atoms with Crippen LogP contribution >= 0.6 is 0 Å². The van der Waals surface area contributed by atoms with Crippen LogP contribution < -0.4 is 5.32 Å². The van der Waals surface area contributed by atoms with Gasteiger partial charge in [0, 0.05) is 30.9 Å². The molecule has 1 unspecified atom stereocenters. The molecular weight excluding hydrogens is 302 g/mol. The smallest absolute Gasteiger partial charge is 0.330 e. The summed E-state index contributed by atoms with van der Waals surface area (Å²) in [5.41, 5.74) is 2.96. The van der Waals surface area contributed by atoms with Crippen LogP contribution in [0, 0.1) is 5.92 Å². The van der Waals surface area contributed by atoms with Gasteiger partial charge >= 0.3 is 5.97 Å². The molecule has 24 heavy (non-hydrogen) atoms. The second-order valence-electron chi connectivity index (χ2n) is 6.99. The van der Waals surface area contributed by atoms with Gasteiger partial charge in [0.1, 0.15) is 5.82 Å². The van der Waals surface area contributed by atoms with Crippen molar-refractivity contribution in [2.45, 2.75) is 39.0 Å². The minimum absolute atomic E-state index is 0.434. The lowest BCUT2D eigenvalue weighted by molar-refractivity contribution is -0.132. The Bertz CT molecular complexity index is 627. The highest BCUT2D eigenvalue weighted by atomic mass is 16.4. The SMILES string of the molecule is C/C(=C\CN1CCC(CCc2ccc3c(n2)NCCC3)C1)C(=O)O. The molecule has 0 amide bonds. The number of hydrogen-bond donors (Lipinski definition) is 2. The van der Waals surface area contributed by atoms with Crippen molar-refractivity contribution in [1.82, 2.24) is 9.88 Å². The van der Waals surface area contributed by atoms with Gasteiger partial charge in [-0.1, -0.05) is 12.1 Å². The monoisotopic (exact) mass is 329 g/mol. The lowest BCUT2D eigenvalue weighted by Gasteiger charge is -2.18. The first-order chi connectivity index (χ1) is 11.6. The first-order valence-corrected chi connectivity index (χ1v) is 8.97. The van der Waals surface area contributed by atoms with Crippen LogP contribution in [-0.4, -0.2) is 47.1 Å². The topological polar surface area (TPSA) is 65.5 Å². The molecule has 1 saturated heterocycles. The van der Waals surface area contributed by atoms with Crippen molar-refractivity contribution < 1.29 is 9.90 Å². The molecule has 3 rings (SSSR count). The third-order valence-corrected chi connectivity index (χ3v) is 5.12. The molecule has 0 spiro atoms. The molecule has 2 N–H and O–H groups in total. The number of aryl methyl sites for hydroxylation is 2. The Kier molecular flexibility index (Phi) is 5.51. The molecule has 0 bridgehead atoms. The third-order valence-electron chi connectivity index (χ3n) is 5.12. The van der Waals surface area contributed by atoms with E-state index in [4.69, 9.17) is 10.1 Å². The van der Waals surface area contributed by atoms with Crippen LogP contribution in [0.15, 0.2) is 23.8 Å². The fourth-order valence-corrected chi connectivity index (χ4v) is 3.53. The number of aliphatic carboxylic acids is 1. The Labute approximate surface area is 143 Å². The number of rotatable bonds is 6. The van der Waals surface area contributed by atoms with Gasteiger partial charge in [0.25, 0.3) is 0 Å². The van der Waals surface area contributed by atoms with Gasteiger partial charge in [-0.3, -0.25) is 4.90 Å². The van der Waals surface area contributed by atoms with E-state index in [1.165, 1.54) is 24.1 Å². The van der Waals surface area contributed by atoms with Gasteiger partial charge in [-0.15, -0.1) is 0 Å². The number of likely N-dealkylation sites (tertiary alicyclic amines) is 1. The minimum Gasteiger partial charge on any atom is -0.478 e. The van der Waals surface area contributed by atoms with E-state index in [9.17, 15) is 4.79 Å². The summed E-state index contributed by atoms with van der Waals surface area (Å²) in [6.45, 7) is 5.56. The van der Waals surface area contributed by atoms with Crippen molar-refractivity contribution in [2.24, 2.45) is 5.92 Å². The lowest BCUT2D eigenvalue weighted by atomic mass is 10.00. The van der Waals surface area contributed by atoms with Crippen LogP contribution in [0.5, 0.6) is 0 Å². The number of carbonyl (C=O) groups is 1. The zero-order chi connectivity index (χ0) is 16.9. The van der Waals surface area contributed by atoms with Gasteiger partial charge < -0.3 is 10.4 Å². The Hall–Kier alpha value is -1.88. The van der Waals surface area contributed by atoms with Crippen LogP contribution in [0.2, 0.25) is 0 Å². The highest BCUT2D eigenvalue weighted by Gasteiger charge is 2.22. The second-order valence-corrected chi connectivity index (χ2v) is 6.99. The summed E-state index contributed by atoms with van der Waals surface area (Å²) in [6.07, 6.45) is 7.53. The molecular formula is C19H27N3O2. The molecule has 3 heterocycles. The molecule has 1 fully saturated rings. The third kappa shape index (κ3) is 4.35. The normalized spacial score (nSPS) is 21.4.